The molecule has 0 fully saturated rings. The van der Waals surface area contributed by atoms with Gasteiger partial charge in [0.25, 0.3) is 0 Å². The summed E-state index contributed by atoms with van der Waals surface area (Å²) in [6, 6.07) is 87.4. The van der Waals surface area contributed by atoms with E-state index in [0.717, 1.165) is 67.2 Å². The van der Waals surface area contributed by atoms with Crippen LogP contribution in [0.1, 0.15) is 0 Å². The molecule has 0 bridgehead atoms. The SMILES string of the molecule is Oc1cccc(N(c2ccc(-c3cccc4ccccc34)cc2)c2ccc(-c3cccc4ccccc34)cc2)c1-c1cccc2c(N(c3ccccc3)c3ccccc3)cccc12. The number of nitrogens with zero attached hydrogens (tertiary/aromatic N) is 2. The number of hydrogen-bond acceptors (Lipinski definition) is 3. The maximum Gasteiger partial charge on any atom is 0.125 e. The van der Waals surface area contributed by atoms with Crippen molar-refractivity contribution in [2.45, 2.75) is 0 Å². The van der Waals surface area contributed by atoms with Crippen molar-refractivity contribution in [3.05, 3.63) is 249 Å². The molecule has 0 aromatic heterocycles. The summed E-state index contributed by atoms with van der Waals surface area (Å²) in [5.74, 6) is 0.207. The average Bonchev–Trinajstić information content (AvgIpc) is 3.35. The molecule has 0 heterocycles. The summed E-state index contributed by atoms with van der Waals surface area (Å²) < 4.78 is 0. The van der Waals surface area contributed by atoms with Gasteiger partial charge in [-0.25, -0.2) is 0 Å². The highest BCUT2D eigenvalue weighted by Crippen LogP contribution is 2.49. The van der Waals surface area contributed by atoms with Crippen molar-refractivity contribution in [1.82, 2.24) is 0 Å². The minimum Gasteiger partial charge on any atom is -0.507 e. The lowest BCUT2D eigenvalue weighted by Gasteiger charge is -2.29. The van der Waals surface area contributed by atoms with Gasteiger partial charge in [0.05, 0.1) is 11.4 Å². The second-order valence-electron chi connectivity index (χ2n) is 15.8. The van der Waals surface area contributed by atoms with Crippen molar-refractivity contribution in [3.63, 3.8) is 0 Å². The fourth-order valence-electron chi connectivity index (χ4n) is 9.24. The van der Waals surface area contributed by atoms with Gasteiger partial charge in [-0.3, -0.25) is 0 Å². The minimum absolute atomic E-state index is 0.207. The molecule has 0 amide bonds. The van der Waals surface area contributed by atoms with E-state index < -0.39 is 0 Å². The molecule has 63 heavy (non-hydrogen) atoms. The van der Waals surface area contributed by atoms with Crippen LogP contribution in [0.15, 0.2) is 249 Å². The molecule has 0 unspecified atom stereocenters. The fourth-order valence-corrected chi connectivity index (χ4v) is 9.24. The Morgan fingerprint density at radius 1 is 0.254 bits per heavy atom. The van der Waals surface area contributed by atoms with Crippen molar-refractivity contribution >= 4 is 66.4 Å². The largest absolute Gasteiger partial charge is 0.507 e. The first-order valence-corrected chi connectivity index (χ1v) is 21.4. The summed E-state index contributed by atoms with van der Waals surface area (Å²) in [5, 5.41) is 19.1. The highest BCUT2D eigenvalue weighted by atomic mass is 16.3. The fraction of sp³-hybridized carbons (Fsp3) is 0. The predicted molar refractivity (Wildman–Crippen MR) is 266 cm³/mol. The third kappa shape index (κ3) is 6.92. The topological polar surface area (TPSA) is 26.7 Å². The van der Waals surface area contributed by atoms with E-state index in [0.29, 0.717) is 0 Å². The Balaban J connectivity index is 1.09. The molecule has 11 rings (SSSR count). The molecular formula is C60H42N2O. The molecule has 0 radical (unpaired) electrons. The molecule has 11 aromatic rings. The van der Waals surface area contributed by atoms with Gasteiger partial charge in [-0.15, -0.1) is 0 Å². The first-order valence-electron chi connectivity index (χ1n) is 21.4. The summed E-state index contributed by atoms with van der Waals surface area (Å²) in [5.41, 5.74) is 12.3. The van der Waals surface area contributed by atoms with Gasteiger partial charge >= 0.3 is 0 Å². The summed E-state index contributed by atoms with van der Waals surface area (Å²) in [6.07, 6.45) is 0. The molecule has 3 heteroatoms. The van der Waals surface area contributed by atoms with Crippen molar-refractivity contribution in [3.8, 4) is 39.1 Å². The van der Waals surface area contributed by atoms with Crippen LogP contribution in [-0.4, -0.2) is 5.11 Å². The highest BCUT2D eigenvalue weighted by Gasteiger charge is 2.23. The zero-order valence-electron chi connectivity index (χ0n) is 34.5. The van der Waals surface area contributed by atoms with E-state index in [1.165, 1.54) is 32.7 Å². The summed E-state index contributed by atoms with van der Waals surface area (Å²) >= 11 is 0. The number of phenols is 1. The van der Waals surface area contributed by atoms with Crippen LogP contribution in [0.25, 0.3) is 65.7 Å². The third-order valence-electron chi connectivity index (χ3n) is 12.2. The molecule has 0 atom stereocenters. The van der Waals surface area contributed by atoms with Crippen LogP contribution >= 0.6 is 0 Å². The minimum atomic E-state index is 0.207. The molecule has 0 spiro atoms. The molecule has 3 nitrogen and oxygen atoms in total. The average molecular weight is 807 g/mol. The molecule has 298 valence electrons. The normalized spacial score (nSPS) is 11.2. The van der Waals surface area contributed by atoms with E-state index in [4.69, 9.17) is 0 Å². The van der Waals surface area contributed by atoms with E-state index in [-0.39, 0.29) is 5.75 Å². The van der Waals surface area contributed by atoms with Gasteiger partial charge in [0.1, 0.15) is 5.75 Å². The first kappa shape index (κ1) is 37.6. The Hall–Kier alpha value is -8.40. The van der Waals surface area contributed by atoms with Gasteiger partial charge in [-0.05, 0) is 121 Å². The van der Waals surface area contributed by atoms with E-state index in [1.807, 2.05) is 18.2 Å². The van der Waals surface area contributed by atoms with E-state index in [2.05, 4.69) is 234 Å². The number of benzene rings is 11. The van der Waals surface area contributed by atoms with Crippen LogP contribution < -0.4 is 9.80 Å². The maximum atomic E-state index is 12.1. The van der Waals surface area contributed by atoms with E-state index in [1.54, 1.807) is 6.07 Å². The number of rotatable bonds is 9. The highest BCUT2D eigenvalue weighted by molar-refractivity contribution is 6.09. The quantitative estimate of drug-likeness (QED) is 0.157. The van der Waals surface area contributed by atoms with Crippen LogP contribution in [0.3, 0.4) is 0 Å². The van der Waals surface area contributed by atoms with Gasteiger partial charge in [0.2, 0.25) is 0 Å². The molecule has 0 aliphatic rings. The zero-order chi connectivity index (χ0) is 42.1. The Labute approximate surface area is 367 Å². The maximum absolute atomic E-state index is 12.1. The van der Waals surface area contributed by atoms with Gasteiger partial charge in [-0.1, -0.05) is 182 Å². The van der Waals surface area contributed by atoms with Crippen LogP contribution in [0, 0.1) is 0 Å². The van der Waals surface area contributed by atoms with E-state index >= 15 is 0 Å². The standard InChI is InChI=1S/C60H42N2O/c63-59-33-15-32-58(60(59)56-30-13-29-55-54(56)28-14-31-57(55)61(46-20-3-1-4-21-46)47-22-5-2-6-23-47)62(48-38-34-44(35-39-48)52-26-11-18-42-16-7-9-24-50(42)52)49-40-36-45(37-41-49)53-27-12-19-43-17-8-10-25-51(43)53/h1-41,63H. The second-order valence-corrected chi connectivity index (χ2v) is 15.8. The van der Waals surface area contributed by atoms with Crippen LogP contribution in [0.5, 0.6) is 5.75 Å². The van der Waals surface area contributed by atoms with Gasteiger partial charge in [0.15, 0.2) is 0 Å². The molecular weight excluding hydrogens is 765 g/mol. The lowest BCUT2D eigenvalue weighted by molar-refractivity contribution is 0.477. The van der Waals surface area contributed by atoms with Crippen LogP contribution in [0.4, 0.5) is 34.1 Å². The van der Waals surface area contributed by atoms with Crippen LogP contribution in [0.2, 0.25) is 0 Å². The Bertz CT molecular complexity index is 3230. The predicted octanol–water partition coefficient (Wildman–Crippen LogP) is 16.8. The van der Waals surface area contributed by atoms with Crippen molar-refractivity contribution in [2.75, 3.05) is 9.80 Å². The molecule has 11 aromatic carbocycles. The molecule has 1 N–H and O–H groups in total. The number of hydrogen-bond donors (Lipinski definition) is 1. The monoisotopic (exact) mass is 806 g/mol. The molecule has 0 saturated heterocycles. The lowest BCUT2D eigenvalue weighted by atomic mass is 9.93. The Kier molecular flexibility index (Phi) is 9.68. The zero-order valence-corrected chi connectivity index (χ0v) is 34.5. The van der Waals surface area contributed by atoms with Crippen molar-refractivity contribution in [2.24, 2.45) is 0 Å². The summed E-state index contributed by atoms with van der Waals surface area (Å²) in [6.45, 7) is 0. The first-order chi connectivity index (χ1) is 31.2. The Morgan fingerprint density at radius 3 is 1.21 bits per heavy atom. The summed E-state index contributed by atoms with van der Waals surface area (Å²) in [7, 11) is 0. The van der Waals surface area contributed by atoms with Crippen LogP contribution in [-0.2, 0) is 0 Å². The molecule has 0 aliphatic carbocycles. The van der Waals surface area contributed by atoms with Gasteiger partial charge < -0.3 is 14.9 Å². The number of para-hydroxylation sites is 2. The molecule has 0 aliphatic heterocycles. The number of phenolic OH excluding ortho intramolecular Hbond substituents is 1. The van der Waals surface area contributed by atoms with Crippen molar-refractivity contribution < 1.29 is 5.11 Å². The number of anilines is 6. The second kappa shape index (κ2) is 16.2. The van der Waals surface area contributed by atoms with E-state index in [9.17, 15) is 5.11 Å². The molecule has 0 saturated carbocycles. The number of fused-ring (bicyclic) bond motifs is 3. The van der Waals surface area contributed by atoms with Gasteiger partial charge in [0, 0.05) is 33.7 Å². The third-order valence-corrected chi connectivity index (χ3v) is 12.2. The summed E-state index contributed by atoms with van der Waals surface area (Å²) in [4.78, 5) is 4.58. The smallest absolute Gasteiger partial charge is 0.125 e. The van der Waals surface area contributed by atoms with Gasteiger partial charge in [-0.2, -0.15) is 0 Å². The lowest BCUT2D eigenvalue weighted by Crippen LogP contribution is -2.12. The Morgan fingerprint density at radius 2 is 0.635 bits per heavy atom. The van der Waals surface area contributed by atoms with Crippen molar-refractivity contribution in [1.29, 1.82) is 0 Å². The number of aromatic hydroxyl groups is 1.